The van der Waals surface area contributed by atoms with E-state index in [4.69, 9.17) is 4.42 Å². The van der Waals surface area contributed by atoms with Gasteiger partial charge in [0, 0.05) is 18.4 Å². The minimum atomic E-state index is 0.215. The highest BCUT2D eigenvalue weighted by molar-refractivity contribution is 5.25. The van der Waals surface area contributed by atoms with Crippen molar-refractivity contribution in [3.05, 3.63) is 47.7 Å². The molecule has 4 nitrogen and oxygen atoms in total. The molecule has 1 aliphatic rings. The van der Waals surface area contributed by atoms with Crippen LogP contribution in [0.1, 0.15) is 44.0 Å². The maximum Gasteiger partial charge on any atom is 0.230 e. The van der Waals surface area contributed by atoms with Crippen LogP contribution in [0.15, 0.2) is 34.7 Å². The van der Waals surface area contributed by atoms with Crippen LogP contribution in [0.4, 0.5) is 0 Å². The lowest BCUT2D eigenvalue weighted by Gasteiger charge is -2.40. The monoisotopic (exact) mass is 285 g/mol. The Bertz CT molecular complexity index is 581. The quantitative estimate of drug-likeness (QED) is 0.865. The third-order valence-electron chi connectivity index (χ3n) is 4.42. The third-order valence-corrected chi connectivity index (χ3v) is 4.42. The van der Waals surface area contributed by atoms with E-state index in [0.29, 0.717) is 0 Å². The van der Waals surface area contributed by atoms with E-state index in [-0.39, 0.29) is 5.41 Å². The molecular formula is C17H23N3O. The van der Waals surface area contributed by atoms with Gasteiger partial charge in [-0.1, -0.05) is 44.2 Å². The highest BCUT2D eigenvalue weighted by atomic mass is 16.4. The summed E-state index contributed by atoms with van der Waals surface area (Å²) in [4.78, 5) is 2.43. The summed E-state index contributed by atoms with van der Waals surface area (Å²) in [6, 6.07) is 10.8. The van der Waals surface area contributed by atoms with Crippen molar-refractivity contribution in [3.8, 4) is 0 Å². The Balaban J connectivity index is 1.71. The summed E-state index contributed by atoms with van der Waals surface area (Å²) in [5.41, 5.74) is 1.64. The minimum Gasteiger partial charge on any atom is -0.424 e. The third kappa shape index (κ3) is 3.16. The second-order valence-electron chi connectivity index (χ2n) is 6.18. The van der Waals surface area contributed by atoms with Crippen molar-refractivity contribution in [2.45, 2.75) is 45.1 Å². The number of rotatable bonds is 4. The van der Waals surface area contributed by atoms with Gasteiger partial charge in [-0.15, -0.1) is 10.2 Å². The zero-order valence-electron chi connectivity index (χ0n) is 12.9. The molecule has 0 amide bonds. The Labute approximate surface area is 126 Å². The maximum atomic E-state index is 5.65. The van der Waals surface area contributed by atoms with Crippen molar-refractivity contribution < 1.29 is 4.42 Å². The predicted octanol–water partition coefficient (Wildman–Crippen LogP) is 3.19. The molecule has 4 heteroatoms. The molecule has 0 spiro atoms. The average molecular weight is 285 g/mol. The second-order valence-corrected chi connectivity index (χ2v) is 6.18. The van der Waals surface area contributed by atoms with Crippen LogP contribution in [0.5, 0.6) is 0 Å². The molecule has 1 aromatic heterocycles. The van der Waals surface area contributed by atoms with Gasteiger partial charge in [0.1, 0.15) is 0 Å². The topological polar surface area (TPSA) is 42.2 Å². The van der Waals surface area contributed by atoms with E-state index in [1.54, 1.807) is 0 Å². The fourth-order valence-electron chi connectivity index (χ4n) is 3.24. The molecule has 21 heavy (non-hydrogen) atoms. The van der Waals surface area contributed by atoms with E-state index in [9.17, 15) is 0 Å². The number of aromatic nitrogens is 2. The number of benzene rings is 1. The zero-order valence-corrected chi connectivity index (χ0v) is 12.9. The molecule has 1 saturated heterocycles. The van der Waals surface area contributed by atoms with Gasteiger partial charge in [-0.3, -0.25) is 4.90 Å². The molecule has 2 heterocycles. The summed E-state index contributed by atoms with van der Waals surface area (Å²) < 4.78 is 5.65. The number of piperidine rings is 1. The first-order chi connectivity index (χ1) is 10.2. The van der Waals surface area contributed by atoms with E-state index < -0.39 is 0 Å². The smallest absolute Gasteiger partial charge is 0.230 e. The molecular weight excluding hydrogens is 262 g/mol. The van der Waals surface area contributed by atoms with Gasteiger partial charge in [-0.2, -0.15) is 0 Å². The minimum absolute atomic E-state index is 0.215. The summed E-state index contributed by atoms with van der Waals surface area (Å²) >= 11 is 0. The lowest BCUT2D eigenvalue weighted by Crippen LogP contribution is -2.43. The summed E-state index contributed by atoms with van der Waals surface area (Å²) in [5.74, 6) is 1.47. The number of hydrogen-bond acceptors (Lipinski definition) is 4. The number of aryl methyl sites for hydroxylation is 1. The second kappa shape index (κ2) is 5.98. The van der Waals surface area contributed by atoms with Gasteiger partial charge in [0.2, 0.25) is 11.8 Å². The largest absolute Gasteiger partial charge is 0.424 e. The molecule has 112 valence electrons. The number of hydrogen-bond donors (Lipinski definition) is 0. The van der Waals surface area contributed by atoms with Gasteiger partial charge in [-0.25, -0.2) is 0 Å². The molecule has 1 atom stereocenters. The highest BCUT2D eigenvalue weighted by Crippen LogP contribution is 2.33. The van der Waals surface area contributed by atoms with Gasteiger partial charge in [0.25, 0.3) is 0 Å². The predicted molar refractivity (Wildman–Crippen MR) is 82.0 cm³/mol. The Morgan fingerprint density at radius 3 is 2.67 bits per heavy atom. The maximum absolute atomic E-state index is 5.65. The first kappa shape index (κ1) is 14.3. The van der Waals surface area contributed by atoms with Crippen molar-refractivity contribution in [2.24, 2.45) is 0 Å². The van der Waals surface area contributed by atoms with Crippen LogP contribution in [-0.2, 0) is 18.4 Å². The molecule has 0 saturated carbocycles. The zero-order chi connectivity index (χ0) is 14.7. The summed E-state index contributed by atoms with van der Waals surface area (Å²) in [6.07, 6.45) is 3.24. The molecule has 1 fully saturated rings. The van der Waals surface area contributed by atoms with Crippen LogP contribution < -0.4 is 0 Å². The first-order valence-electron chi connectivity index (χ1n) is 7.79. The van der Waals surface area contributed by atoms with Crippen LogP contribution in [0, 0.1) is 0 Å². The molecule has 0 bridgehead atoms. The van der Waals surface area contributed by atoms with E-state index in [1.165, 1.54) is 18.4 Å². The molecule has 0 aliphatic carbocycles. The normalized spacial score (nSPS) is 23.3. The average Bonchev–Trinajstić information content (AvgIpc) is 2.96. The lowest BCUT2D eigenvalue weighted by molar-refractivity contribution is 0.138. The van der Waals surface area contributed by atoms with E-state index in [1.807, 2.05) is 6.92 Å². The summed E-state index contributed by atoms with van der Waals surface area (Å²) in [6.45, 7) is 7.30. The Hall–Kier alpha value is -1.68. The van der Waals surface area contributed by atoms with Crippen LogP contribution in [0.2, 0.25) is 0 Å². The van der Waals surface area contributed by atoms with E-state index in [2.05, 4.69) is 52.4 Å². The van der Waals surface area contributed by atoms with Crippen LogP contribution in [0.25, 0.3) is 0 Å². The van der Waals surface area contributed by atoms with Crippen molar-refractivity contribution in [2.75, 3.05) is 13.1 Å². The van der Waals surface area contributed by atoms with Crippen molar-refractivity contribution in [3.63, 3.8) is 0 Å². The molecule has 3 rings (SSSR count). The molecule has 0 radical (unpaired) electrons. The molecule has 1 aromatic carbocycles. The van der Waals surface area contributed by atoms with Gasteiger partial charge in [-0.05, 0) is 24.9 Å². The lowest BCUT2D eigenvalue weighted by atomic mass is 9.76. The van der Waals surface area contributed by atoms with Crippen LogP contribution in [-0.4, -0.2) is 28.2 Å². The van der Waals surface area contributed by atoms with E-state index >= 15 is 0 Å². The van der Waals surface area contributed by atoms with Crippen molar-refractivity contribution in [1.29, 1.82) is 0 Å². The SMILES string of the molecule is CCc1nnc(CN2CCC[C@@](C)(c3ccccc3)C2)o1. The van der Waals surface area contributed by atoms with Gasteiger partial charge in [0.15, 0.2) is 0 Å². The molecule has 1 aliphatic heterocycles. The fraction of sp³-hybridized carbons (Fsp3) is 0.529. The molecule has 0 N–H and O–H groups in total. The van der Waals surface area contributed by atoms with Gasteiger partial charge in [0.05, 0.1) is 6.54 Å². The first-order valence-corrected chi connectivity index (χ1v) is 7.79. The number of likely N-dealkylation sites (tertiary alicyclic amines) is 1. The van der Waals surface area contributed by atoms with Gasteiger partial charge < -0.3 is 4.42 Å². The van der Waals surface area contributed by atoms with Gasteiger partial charge >= 0.3 is 0 Å². The fourth-order valence-corrected chi connectivity index (χ4v) is 3.24. The molecule has 0 unspecified atom stereocenters. The Morgan fingerprint density at radius 2 is 1.95 bits per heavy atom. The molecule has 2 aromatic rings. The highest BCUT2D eigenvalue weighted by Gasteiger charge is 2.32. The van der Waals surface area contributed by atoms with E-state index in [0.717, 1.165) is 37.8 Å². The summed E-state index contributed by atoms with van der Waals surface area (Å²) in [7, 11) is 0. The standard InChI is InChI=1S/C17H23N3O/c1-3-15-18-19-16(21-15)12-20-11-7-10-17(2,13-20)14-8-5-4-6-9-14/h4-6,8-9H,3,7,10-13H2,1-2H3/t17-/m1/s1. The van der Waals surface area contributed by atoms with Crippen molar-refractivity contribution in [1.82, 2.24) is 15.1 Å². The van der Waals surface area contributed by atoms with Crippen LogP contribution >= 0.6 is 0 Å². The van der Waals surface area contributed by atoms with Crippen molar-refractivity contribution >= 4 is 0 Å². The van der Waals surface area contributed by atoms with Crippen LogP contribution in [0.3, 0.4) is 0 Å². The Kier molecular flexibility index (Phi) is 4.06. The Morgan fingerprint density at radius 1 is 1.19 bits per heavy atom. The summed E-state index contributed by atoms with van der Waals surface area (Å²) in [5, 5.41) is 8.19. The number of nitrogens with zero attached hydrogens (tertiary/aromatic N) is 3.